The molecule has 0 radical (unpaired) electrons. The van der Waals surface area contributed by atoms with Crippen molar-refractivity contribution < 1.29 is 14.3 Å². The summed E-state index contributed by atoms with van der Waals surface area (Å²) in [7, 11) is 0. The normalized spacial score (nSPS) is 14.6. The highest BCUT2D eigenvalue weighted by Crippen LogP contribution is 2.17. The van der Waals surface area contributed by atoms with Crippen LogP contribution in [0.25, 0.3) is 0 Å². The lowest BCUT2D eigenvalue weighted by Gasteiger charge is -2.26. The largest absolute Gasteiger partial charge is 0.379 e. The molecule has 2 amide bonds. The molecule has 2 aromatic rings. The molecule has 8 nitrogen and oxygen atoms in total. The standard InChI is InChI=1S/C20H27N5O3/c1-3-25-7-6-21-18(25)13-22-20(27)16-5-4-15(2)17(12-16)23-19(26)14-24-8-10-28-11-9-24/h4-7,12H,3,8-11,13-14H2,1-2H3,(H,22,27)(H,23,26). The van der Waals surface area contributed by atoms with Gasteiger partial charge in [0.15, 0.2) is 0 Å². The fourth-order valence-corrected chi connectivity index (χ4v) is 3.11. The highest BCUT2D eigenvalue weighted by Gasteiger charge is 2.16. The summed E-state index contributed by atoms with van der Waals surface area (Å²) >= 11 is 0. The number of benzene rings is 1. The molecule has 0 saturated carbocycles. The Labute approximate surface area is 164 Å². The molecule has 28 heavy (non-hydrogen) atoms. The first-order valence-corrected chi connectivity index (χ1v) is 9.55. The number of anilines is 1. The zero-order valence-corrected chi connectivity index (χ0v) is 16.4. The highest BCUT2D eigenvalue weighted by atomic mass is 16.5. The second-order valence-electron chi connectivity index (χ2n) is 6.78. The predicted molar refractivity (Wildman–Crippen MR) is 106 cm³/mol. The van der Waals surface area contributed by atoms with Crippen LogP contribution in [-0.4, -0.2) is 59.1 Å². The minimum absolute atomic E-state index is 0.0902. The van der Waals surface area contributed by atoms with Gasteiger partial charge in [-0.1, -0.05) is 6.07 Å². The maximum atomic E-state index is 12.5. The average molecular weight is 385 g/mol. The number of nitrogens with zero attached hydrogens (tertiary/aromatic N) is 3. The van der Waals surface area contributed by atoms with Gasteiger partial charge in [-0.3, -0.25) is 14.5 Å². The van der Waals surface area contributed by atoms with Crippen LogP contribution >= 0.6 is 0 Å². The molecule has 0 atom stereocenters. The van der Waals surface area contributed by atoms with Crippen LogP contribution < -0.4 is 10.6 Å². The molecule has 2 heterocycles. The lowest BCUT2D eigenvalue weighted by molar-refractivity contribution is -0.118. The zero-order chi connectivity index (χ0) is 19.9. The number of amides is 2. The van der Waals surface area contributed by atoms with Gasteiger partial charge in [0.25, 0.3) is 5.91 Å². The van der Waals surface area contributed by atoms with Crippen LogP contribution in [0.3, 0.4) is 0 Å². The van der Waals surface area contributed by atoms with Gasteiger partial charge >= 0.3 is 0 Å². The third kappa shape index (κ3) is 5.17. The number of morpholine rings is 1. The monoisotopic (exact) mass is 385 g/mol. The third-order valence-corrected chi connectivity index (χ3v) is 4.79. The van der Waals surface area contributed by atoms with E-state index >= 15 is 0 Å². The summed E-state index contributed by atoms with van der Waals surface area (Å²) < 4.78 is 7.28. The van der Waals surface area contributed by atoms with E-state index in [4.69, 9.17) is 4.74 Å². The number of rotatable bonds is 7. The molecular weight excluding hydrogens is 358 g/mol. The van der Waals surface area contributed by atoms with Crippen molar-refractivity contribution in [3.8, 4) is 0 Å². The van der Waals surface area contributed by atoms with Crippen molar-refractivity contribution >= 4 is 17.5 Å². The van der Waals surface area contributed by atoms with Crippen LogP contribution in [0.15, 0.2) is 30.6 Å². The lowest BCUT2D eigenvalue weighted by atomic mass is 10.1. The summed E-state index contributed by atoms with van der Waals surface area (Å²) in [6, 6.07) is 5.31. The molecule has 150 valence electrons. The minimum Gasteiger partial charge on any atom is -0.379 e. The Kier molecular flexibility index (Phi) is 6.78. The Morgan fingerprint density at radius 3 is 2.79 bits per heavy atom. The molecule has 2 N–H and O–H groups in total. The van der Waals surface area contributed by atoms with Gasteiger partial charge in [0.1, 0.15) is 5.82 Å². The van der Waals surface area contributed by atoms with Crippen molar-refractivity contribution in [3.63, 3.8) is 0 Å². The summed E-state index contributed by atoms with van der Waals surface area (Å²) in [5, 5.41) is 5.81. The van der Waals surface area contributed by atoms with E-state index in [1.165, 1.54) is 0 Å². The van der Waals surface area contributed by atoms with E-state index in [0.717, 1.165) is 31.0 Å². The molecule has 0 bridgehead atoms. The van der Waals surface area contributed by atoms with Gasteiger partial charge in [-0.2, -0.15) is 0 Å². The van der Waals surface area contributed by atoms with Gasteiger partial charge in [-0.25, -0.2) is 4.98 Å². The molecule has 1 aliphatic rings. The van der Waals surface area contributed by atoms with E-state index < -0.39 is 0 Å². The van der Waals surface area contributed by atoms with E-state index in [1.54, 1.807) is 18.3 Å². The summed E-state index contributed by atoms with van der Waals surface area (Å²) in [5.41, 5.74) is 2.07. The van der Waals surface area contributed by atoms with Crippen LogP contribution in [-0.2, 0) is 22.6 Å². The first kappa shape index (κ1) is 20.0. The number of hydrogen-bond acceptors (Lipinski definition) is 5. The Balaban J connectivity index is 1.60. The van der Waals surface area contributed by atoms with Crippen molar-refractivity contribution in [3.05, 3.63) is 47.5 Å². The first-order valence-electron chi connectivity index (χ1n) is 9.55. The molecule has 0 unspecified atom stereocenters. The molecule has 1 aromatic carbocycles. The Morgan fingerprint density at radius 2 is 2.04 bits per heavy atom. The smallest absolute Gasteiger partial charge is 0.251 e. The van der Waals surface area contributed by atoms with Crippen LogP contribution in [0.1, 0.15) is 28.7 Å². The molecular formula is C20H27N5O3. The van der Waals surface area contributed by atoms with Crippen molar-refractivity contribution in [1.82, 2.24) is 19.8 Å². The SMILES string of the molecule is CCn1ccnc1CNC(=O)c1ccc(C)c(NC(=O)CN2CCOCC2)c1. The molecule has 8 heteroatoms. The summed E-state index contributed by atoms with van der Waals surface area (Å²) in [6.45, 7) is 8.21. The van der Waals surface area contributed by atoms with Gasteiger partial charge in [-0.15, -0.1) is 0 Å². The second-order valence-corrected chi connectivity index (χ2v) is 6.78. The van der Waals surface area contributed by atoms with E-state index in [0.29, 0.717) is 37.6 Å². The van der Waals surface area contributed by atoms with Gasteiger partial charge in [0.2, 0.25) is 5.91 Å². The topological polar surface area (TPSA) is 88.5 Å². The predicted octanol–water partition coefficient (Wildman–Crippen LogP) is 1.41. The number of carbonyl (C=O) groups excluding carboxylic acids is 2. The number of aromatic nitrogens is 2. The number of carbonyl (C=O) groups is 2. The van der Waals surface area contributed by atoms with Gasteiger partial charge in [0, 0.05) is 43.3 Å². The van der Waals surface area contributed by atoms with Gasteiger partial charge in [0.05, 0.1) is 26.3 Å². The Hall–Kier alpha value is -2.71. The van der Waals surface area contributed by atoms with Crippen molar-refractivity contribution in [2.75, 3.05) is 38.2 Å². The molecule has 1 aromatic heterocycles. The summed E-state index contributed by atoms with van der Waals surface area (Å²) in [6.07, 6.45) is 3.61. The first-order chi connectivity index (χ1) is 13.6. The summed E-state index contributed by atoms with van der Waals surface area (Å²) in [4.78, 5) is 31.2. The molecule has 1 aliphatic heterocycles. The maximum absolute atomic E-state index is 12.5. The van der Waals surface area contributed by atoms with Gasteiger partial charge in [-0.05, 0) is 31.5 Å². The van der Waals surface area contributed by atoms with Crippen molar-refractivity contribution in [2.24, 2.45) is 0 Å². The highest BCUT2D eigenvalue weighted by molar-refractivity contribution is 5.98. The average Bonchev–Trinajstić information content (AvgIpc) is 3.16. The third-order valence-electron chi connectivity index (χ3n) is 4.79. The van der Waals surface area contributed by atoms with Crippen LogP contribution in [0, 0.1) is 6.92 Å². The number of nitrogens with one attached hydrogen (secondary N) is 2. The lowest BCUT2D eigenvalue weighted by Crippen LogP contribution is -2.41. The Bertz CT molecular complexity index is 827. The van der Waals surface area contributed by atoms with E-state index in [9.17, 15) is 9.59 Å². The molecule has 0 spiro atoms. The van der Waals surface area contributed by atoms with Crippen LogP contribution in [0.4, 0.5) is 5.69 Å². The fraction of sp³-hybridized carbons (Fsp3) is 0.450. The quantitative estimate of drug-likeness (QED) is 0.752. The van der Waals surface area contributed by atoms with E-state index in [-0.39, 0.29) is 11.8 Å². The number of ether oxygens (including phenoxy) is 1. The maximum Gasteiger partial charge on any atom is 0.251 e. The van der Waals surface area contributed by atoms with Crippen molar-refractivity contribution in [1.29, 1.82) is 0 Å². The molecule has 3 rings (SSSR count). The fourth-order valence-electron chi connectivity index (χ4n) is 3.11. The van der Waals surface area contributed by atoms with Crippen molar-refractivity contribution in [2.45, 2.75) is 26.9 Å². The number of hydrogen-bond donors (Lipinski definition) is 2. The second kappa shape index (κ2) is 9.48. The van der Waals surface area contributed by atoms with E-state index in [2.05, 4.69) is 20.5 Å². The Morgan fingerprint density at radius 1 is 1.25 bits per heavy atom. The molecule has 0 aliphatic carbocycles. The number of imidazole rings is 1. The van der Waals surface area contributed by atoms with Crippen LogP contribution in [0.2, 0.25) is 0 Å². The molecule has 1 fully saturated rings. The zero-order valence-electron chi connectivity index (χ0n) is 16.4. The number of aryl methyl sites for hydroxylation is 2. The van der Waals surface area contributed by atoms with Gasteiger partial charge < -0.3 is 19.9 Å². The minimum atomic E-state index is -0.200. The van der Waals surface area contributed by atoms with Crippen LogP contribution in [0.5, 0.6) is 0 Å². The molecule has 1 saturated heterocycles. The van der Waals surface area contributed by atoms with E-state index in [1.807, 2.05) is 30.7 Å². The summed E-state index contributed by atoms with van der Waals surface area (Å²) in [5.74, 6) is 0.517.